The van der Waals surface area contributed by atoms with Gasteiger partial charge in [-0.2, -0.15) is 0 Å². The van der Waals surface area contributed by atoms with Gasteiger partial charge >= 0.3 is 0 Å². The van der Waals surface area contributed by atoms with Crippen molar-refractivity contribution < 1.29 is 9.83 Å². The third-order valence-electron chi connectivity index (χ3n) is 2.79. The number of hydrogen-bond donors (Lipinski definition) is 0. The van der Waals surface area contributed by atoms with Crippen molar-refractivity contribution in [2.75, 3.05) is 26.2 Å². The van der Waals surface area contributed by atoms with E-state index >= 15 is 0 Å². The van der Waals surface area contributed by atoms with Crippen molar-refractivity contribution in [2.45, 2.75) is 0 Å². The largest absolute Gasteiger partial charge is 0.335 e. The molecule has 2 rings (SSSR count). The van der Waals surface area contributed by atoms with Crippen LogP contribution in [0.3, 0.4) is 0 Å². The molecule has 0 spiro atoms. The Morgan fingerprint density at radius 2 is 1.71 bits per heavy atom. The lowest BCUT2D eigenvalue weighted by atomic mass is 10.2. The second-order valence-electron chi connectivity index (χ2n) is 3.85. The van der Waals surface area contributed by atoms with Gasteiger partial charge in [0.1, 0.15) is 0 Å². The van der Waals surface area contributed by atoms with Crippen LogP contribution < -0.4 is 0 Å². The van der Waals surface area contributed by atoms with Crippen LogP contribution in [0, 0.1) is 10.1 Å². The van der Waals surface area contributed by atoms with Crippen LogP contribution in [0.15, 0.2) is 30.3 Å². The molecule has 6 nitrogen and oxygen atoms in total. The van der Waals surface area contributed by atoms with Gasteiger partial charge in [-0.3, -0.25) is 4.79 Å². The van der Waals surface area contributed by atoms with E-state index in [0.29, 0.717) is 18.7 Å². The van der Waals surface area contributed by atoms with Crippen molar-refractivity contribution in [1.82, 2.24) is 9.91 Å². The maximum Gasteiger partial charge on any atom is 0.253 e. The van der Waals surface area contributed by atoms with Crippen molar-refractivity contribution >= 4 is 5.91 Å². The van der Waals surface area contributed by atoms with Crippen molar-refractivity contribution in [2.24, 2.45) is 0 Å². The molecule has 17 heavy (non-hydrogen) atoms. The number of nitro groups is 1. The van der Waals surface area contributed by atoms with E-state index in [1.807, 2.05) is 6.07 Å². The standard InChI is InChI=1S/C11H13N3O3/c15-11(10-4-2-1-3-5-10)12-6-8-13(9-7-12)14(16)17/h1-5H,6-9H2. The molecule has 1 aliphatic rings. The summed E-state index contributed by atoms with van der Waals surface area (Å²) in [5.41, 5.74) is 0.627. The summed E-state index contributed by atoms with van der Waals surface area (Å²) >= 11 is 0. The van der Waals surface area contributed by atoms with E-state index in [0.717, 1.165) is 5.01 Å². The summed E-state index contributed by atoms with van der Waals surface area (Å²) in [6, 6.07) is 8.97. The van der Waals surface area contributed by atoms with Crippen LogP contribution in [0.2, 0.25) is 0 Å². The highest BCUT2D eigenvalue weighted by Gasteiger charge is 2.26. The van der Waals surface area contributed by atoms with Gasteiger partial charge in [0.15, 0.2) is 5.03 Å². The fourth-order valence-corrected chi connectivity index (χ4v) is 1.83. The van der Waals surface area contributed by atoms with Crippen molar-refractivity contribution in [3.05, 3.63) is 46.0 Å². The van der Waals surface area contributed by atoms with E-state index in [4.69, 9.17) is 0 Å². The Hall–Kier alpha value is -2.11. The van der Waals surface area contributed by atoms with Gasteiger partial charge in [0, 0.05) is 18.7 Å². The molecule has 0 N–H and O–H groups in total. The molecule has 6 heteroatoms. The van der Waals surface area contributed by atoms with E-state index in [2.05, 4.69) is 0 Å². The first-order valence-electron chi connectivity index (χ1n) is 5.42. The fourth-order valence-electron chi connectivity index (χ4n) is 1.83. The van der Waals surface area contributed by atoms with Gasteiger partial charge in [-0.25, -0.2) is 10.1 Å². The first kappa shape index (κ1) is 11.4. The predicted octanol–water partition coefficient (Wildman–Crippen LogP) is 0.636. The van der Waals surface area contributed by atoms with E-state index in [9.17, 15) is 14.9 Å². The predicted molar refractivity (Wildman–Crippen MR) is 60.9 cm³/mol. The van der Waals surface area contributed by atoms with Gasteiger partial charge < -0.3 is 4.90 Å². The van der Waals surface area contributed by atoms with E-state index in [-0.39, 0.29) is 19.0 Å². The highest BCUT2D eigenvalue weighted by Crippen LogP contribution is 2.08. The van der Waals surface area contributed by atoms with Gasteiger partial charge in [0.2, 0.25) is 0 Å². The maximum absolute atomic E-state index is 12.0. The highest BCUT2D eigenvalue weighted by atomic mass is 16.7. The van der Waals surface area contributed by atoms with E-state index in [1.165, 1.54) is 0 Å². The lowest BCUT2D eigenvalue weighted by Crippen LogP contribution is -2.50. The summed E-state index contributed by atoms with van der Waals surface area (Å²) in [6.45, 7) is 1.36. The molecule has 1 aliphatic heterocycles. The van der Waals surface area contributed by atoms with Gasteiger partial charge in [0.25, 0.3) is 5.91 Å². The van der Waals surface area contributed by atoms with Gasteiger partial charge in [0.05, 0.1) is 13.1 Å². The number of hydrazine groups is 1. The first-order valence-corrected chi connectivity index (χ1v) is 5.42. The maximum atomic E-state index is 12.0. The van der Waals surface area contributed by atoms with E-state index < -0.39 is 5.03 Å². The van der Waals surface area contributed by atoms with Crippen molar-refractivity contribution in [3.8, 4) is 0 Å². The van der Waals surface area contributed by atoms with E-state index in [1.54, 1.807) is 29.2 Å². The molecule has 0 bridgehead atoms. The topological polar surface area (TPSA) is 66.7 Å². The molecule has 1 aromatic rings. The summed E-state index contributed by atoms with van der Waals surface area (Å²) in [4.78, 5) is 24.2. The van der Waals surface area contributed by atoms with Crippen LogP contribution in [0.4, 0.5) is 0 Å². The lowest BCUT2D eigenvalue weighted by molar-refractivity contribution is -0.657. The molecular weight excluding hydrogens is 222 g/mol. The minimum absolute atomic E-state index is 0.0615. The molecule has 0 saturated carbocycles. The van der Waals surface area contributed by atoms with Crippen LogP contribution in [0.1, 0.15) is 10.4 Å². The minimum Gasteiger partial charge on any atom is -0.335 e. The Balaban J connectivity index is 1.98. The first-order chi connectivity index (χ1) is 8.18. The number of nitrogens with zero attached hydrogens (tertiary/aromatic N) is 3. The smallest absolute Gasteiger partial charge is 0.253 e. The minimum atomic E-state index is -0.412. The number of rotatable bonds is 2. The highest BCUT2D eigenvalue weighted by molar-refractivity contribution is 5.94. The number of carbonyl (C=O) groups is 1. The zero-order chi connectivity index (χ0) is 12.3. The van der Waals surface area contributed by atoms with Crippen LogP contribution in [-0.2, 0) is 0 Å². The van der Waals surface area contributed by atoms with Crippen LogP contribution in [-0.4, -0.2) is 47.0 Å². The zero-order valence-electron chi connectivity index (χ0n) is 9.28. The van der Waals surface area contributed by atoms with Crippen LogP contribution in [0.5, 0.6) is 0 Å². The third kappa shape index (κ3) is 2.52. The Kier molecular flexibility index (Phi) is 3.22. The lowest BCUT2D eigenvalue weighted by Gasteiger charge is -2.30. The van der Waals surface area contributed by atoms with Gasteiger partial charge in [-0.05, 0) is 12.1 Å². The number of carbonyl (C=O) groups excluding carboxylic acids is 1. The van der Waals surface area contributed by atoms with Gasteiger partial charge in [-0.1, -0.05) is 18.2 Å². The number of hydrogen-bond acceptors (Lipinski definition) is 3. The number of piperazine rings is 1. The molecule has 0 radical (unpaired) electrons. The number of amides is 1. The van der Waals surface area contributed by atoms with Crippen LogP contribution in [0.25, 0.3) is 0 Å². The normalized spacial score (nSPS) is 15.8. The summed E-state index contributed by atoms with van der Waals surface area (Å²) in [6.07, 6.45) is 0. The summed E-state index contributed by atoms with van der Waals surface area (Å²) < 4.78 is 0. The quantitative estimate of drug-likeness (QED) is 0.557. The summed E-state index contributed by atoms with van der Waals surface area (Å²) in [7, 11) is 0. The molecule has 0 unspecified atom stereocenters. The average molecular weight is 235 g/mol. The van der Waals surface area contributed by atoms with Crippen molar-refractivity contribution in [1.29, 1.82) is 0 Å². The van der Waals surface area contributed by atoms with Crippen LogP contribution >= 0.6 is 0 Å². The molecule has 90 valence electrons. The fraction of sp³-hybridized carbons (Fsp3) is 0.364. The molecule has 0 aromatic heterocycles. The second-order valence-corrected chi connectivity index (χ2v) is 3.85. The third-order valence-corrected chi connectivity index (χ3v) is 2.79. The Labute approximate surface area is 98.6 Å². The zero-order valence-corrected chi connectivity index (χ0v) is 9.28. The van der Waals surface area contributed by atoms with Crippen molar-refractivity contribution in [3.63, 3.8) is 0 Å². The molecular formula is C11H13N3O3. The SMILES string of the molecule is O=C(c1ccccc1)N1CCN([N+](=O)[O-])CC1. The molecule has 1 aromatic carbocycles. The number of benzene rings is 1. The Morgan fingerprint density at radius 1 is 1.12 bits per heavy atom. The molecule has 1 saturated heterocycles. The second kappa shape index (κ2) is 4.82. The monoisotopic (exact) mass is 235 g/mol. The Bertz CT molecular complexity index is 413. The molecule has 1 heterocycles. The summed E-state index contributed by atoms with van der Waals surface area (Å²) in [5.74, 6) is -0.0615. The summed E-state index contributed by atoms with van der Waals surface area (Å²) in [5, 5.41) is 11.3. The Morgan fingerprint density at radius 3 is 2.24 bits per heavy atom. The molecule has 1 amide bonds. The average Bonchev–Trinajstić information content (AvgIpc) is 2.39. The molecule has 0 atom stereocenters. The molecule has 0 aliphatic carbocycles. The van der Waals surface area contributed by atoms with Gasteiger partial charge in [-0.15, -0.1) is 5.01 Å². The molecule has 1 fully saturated rings.